The van der Waals surface area contributed by atoms with Crippen LogP contribution < -0.4 is 4.90 Å². The van der Waals surface area contributed by atoms with Crippen LogP contribution in [0.2, 0.25) is 0 Å². The van der Waals surface area contributed by atoms with Crippen LogP contribution in [0.1, 0.15) is 10.4 Å². The summed E-state index contributed by atoms with van der Waals surface area (Å²) in [5, 5.41) is 9.70. The second kappa shape index (κ2) is 4.99. The van der Waals surface area contributed by atoms with Crippen molar-refractivity contribution in [1.82, 2.24) is 0 Å². The first-order chi connectivity index (χ1) is 11.5. The maximum Gasteiger partial charge on any atom is 0.339 e. The van der Waals surface area contributed by atoms with E-state index in [4.69, 9.17) is 9.47 Å². The van der Waals surface area contributed by atoms with E-state index in [1.165, 1.54) is 19.2 Å². The molecule has 0 spiro atoms. The summed E-state index contributed by atoms with van der Waals surface area (Å²) in [4.78, 5) is 38.8. The Balaban J connectivity index is 1.80. The highest BCUT2D eigenvalue weighted by molar-refractivity contribution is 6.25. The molecule has 0 unspecified atom stereocenters. The van der Waals surface area contributed by atoms with E-state index in [-0.39, 0.29) is 17.9 Å². The van der Waals surface area contributed by atoms with Crippen LogP contribution in [0, 0.1) is 11.8 Å². The van der Waals surface area contributed by atoms with Gasteiger partial charge in [0.2, 0.25) is 11.8 Å². The lowest BCUT2D eigenvalue weighted by atomic mass is 9.77. The zero-order chi connectivity index (χ0) is 17.1. The van der Waals surface area contributed by atoms with Gasteiger partial charge in [-0.2, -0.15) is 0 Å². The number of anilines is 1. The van der Waals surface area contributed by atoms with Gasteiger partial charge >= 0.3 is 5.97 Å². The van der Waals surface area contributed by atoms with Gasteiger partial charge in [-0.3, -0.25) is 9.59 Å². The fourth-order valence-corrected chi connectivity index (χ4v) is 3.87. The van der Waals surface area contributed by atoms with Crippen LogP contribution in [-0.2, 0) is 19.1 Å². The summed E-state index contributed by atoms with van der Waals surface area (Å²) in [6.45, 7) is -0.382. The minimum Gasteiger partial charge on any atom is -0.465 e. The molecular weight excluding hydrogens is 314 g/mol. The summed E-state index contributed by atoms with van der Waals surface area (Å²) >= 11 is 0. The second-order valence-corrected chi connectivity index (χ2v) is 6.08. The third-order valence-electron chi connectivity index (χ3n) is 4.95. The van der Waals surface area contributed by atoms with Gasteiger partial charge in [0, 0.05) is 0 Å². The van der Waals surface area contributed by atoms with Gasteiger partial charge in [0.15, 0.2) is 0 Å². The molecule has 0 saturated carbocycles. The van der Waals surface area contributed by atoms with Crippen LogP contribution >= 0.6 is 0 Å². The molecule has 7 nitrogen and oxygen atoms in total. The van der Waals surface area contributed by atoms with E-state index in [9.17, 15) is 19.5 Å². The lowest BCUT2D eigenvalue weighted by Gasteiger charge is -2.26. The Bertz CT molecular complexity index is 787. The number of imide groups is 1. The lowest BCUT2D eigenvalue weighted by molar-refractivity contribution is -0.128. The molecule has 0 aliphatic carbocycles. The topological polar surface area (TPSA) is 93.1 Å². The number of carbonyl (C=O) groups excluding carboxylic acids is 3. The van der Waals surface area contributed by atoms with Gasteiger partial charge in [0.25, 0.3) is 0 Å². The molecule has 1 aromatic carbocycles. The highest BCUT2D eigenvalue weighted by atomic mass is 16.5. The van der Waals surface area contributed by atoms with Gasteiger partial charge in [0.1, 0.15) is 5.60 Å². The first-order valence-electron chi connectivity index (χ1n) is 7.57. The predicted molar refractivity (Wildman–Crippen MR) is 81.1 cm³/mol. The number of nitrogens with zero attached hydrogens (tertiary/aromatic N) is 1. The molecule has 2 amide bonds. The Morgan fingerprint density at radius 1 is 1.33 bits per heavy atom. The van der Waals surface area contributed by atoms with Crippen LogP contribution in [0.4, 0.5) is 5.69 Å². The Labute approximate surface area is 137 Å². The number of aliphatic hydroxyl groups excluding tert-OH is 1. The minimum absolute atomic E-state index is 0.140. The van der Waals surface area contributed by atoms with Crippen molar-refractivity contribution in [1.29, 1.82) is 0 Å². The summed E-state index contributed by atoms with van der Waals surface area (Å²) in [6.07, 6.45) is 2.83. The first-order valence-corrected chi connectivity index (χ1v) is 7.57. The third-order valence-corrected chi connectivity index (χ3v) is 4.95. The van der Waals surface area contributed by atoms with Crippen molar-refractivity contribution in [2.24, 2.45) is 11.8 Å². The molecule has 24 heavy (non-hydrogen) atoms. The van der Waals surface area contributed by atoms with E-state index >= 15 is 0 Å². The van der Waals surface area contributed by atoms with Gasteiger partial charge < -0.3 is 14.6 Å². The molecule has 4 atom stereocenters. The molecule has 3 aliphatic rings. The van der Waals surface area contributed by atoms with Crippen molar-refractivity contribution in [2.75, 3.05) is 18.6 Å². The SMILES string of the molecule is COC(=O)c1ccccc1N1C(=O)[C@H]2[C@@H]3C=C[C@@](CO)(O3)[C@@H]2C1=O. The molecule has 7 heteroatoms. The van der Waals surface area contributed by atoms with E-state index in [1.807, 2.05) is 0 Å². The maximum atomic E-state index is 12.9. The van der Waals surface area contributed by atoms with Gasteiger partial charge in [-0.15, -0.1) is 0 Å². The summed E-state index contributed by atoms with van der Waals surface area (Å²) in [6, 6.07) is 6.30. The minimum atomic E-state index is -1.16. The molecular formula is C17H15NO6. The molecule has 4 rings (SSSR count). The number of para-hydroxylation sites is 1. The lowest BCUT2D eigenvalue weighted by Crippen LogP contribution is -2.43. The number of fused-ring (bicyclic) bond motifs is 5. The molecule has 2 saturated heterocycles. The molecule has 0 radical (unpaired) electrons. The molecule has 3 aliphatic heterocycles. The Morgan fingerprint density at radius 2 is 2.08 bits per heavy atom. The number of hydrogen-bond donors (Lipinski definition) is 1. The number of methoxy groups -OCH3 is 1. The smallest absolute Gasteiger partial charge is 0.339 e. The van der Waals surface area contributed by atoms with E-state index in [2.05, 4.69) is 0 Å². The molecule has 0 aromatic heterocycles. The van der Waals surface area contributed by atoms with Crippen LogP contribution in [0.5, 0.6) is 0 Å². The molecule has 2 fully saturated rings. The average molecular weight is 329 g/mol. The van der Waals surface area contributed by atoms with Gasteiger partial charge in [-0.1, -0.05) is 24.3 Å². The van der Waals surface area contributed by atoms with Crippen LogP contribution in [0.3, 0.4) is 0 Å². The molecule has 1 aromatic rings. The predicted octanol–water partition coefficient (Wildman–Crippen LogP) is 0.278. The fraction of sp³-hybridized carbons (Fsp3) is 0.353. The quantitative estimate of drug-likeness (QED) is 0.486. The molecule has 1 N–H and O–H groups in total. The zero-order valence-electron chi connectivity index (χ0n) is 12.8. The molecule has 3 heterocycles. The standard InChI is InChI=1S/C17H15NO6/c1-23-16(22)9-4-2-3-5-10(9)18-14(20)12-11-6-7-17(8-19,24-11)13(12)15(18)21/h2-7,11-13,19H,8H2,1H3/t11-,12-,13-,17-/m0/s1. The summed E-state index contributed by atoms with van der Waals surface area (Å²) in [5.74, 6) is -2.98. The van der Waals surface area contributed by atoms with E-state index in [1.54, 1.807) is 24.3 Å². The number of amides is 2. The number of benzene rings is 1. The van der Waals surface area contributed by atoms with Crippen LogP contribution in [0.25, 0.3) is 0 Å². The van der Waals surface area contributed by atoms with E-state index in [0.29, 0.717) is 0 Å². The van der Waals surface area contributed by atoms with Gasteiger partial charge in [0.05, 0.1) is 42.9 Å². The largest absolute Gasteiger partial charge is 0.465 e. The summed E-state index contributed by atoms with van der Waals surface area (Å²) in [5.41, 5.74) is -0.820. The number of esters is 1. The Hall–Kier alpha value is -2.51. The van der Waals surface area contributed by atoms with Crippen molar-refractivity contribution in [3.8, 4) is 0 Å². The van der Waals surface area contributed by atoms with Crippen molar-refractivity contribution < 1.29 is 29.0 Å². The normalized spacial score (nSPS) is 33.2. The van der Waals surface area contributed by atoms with Gasteiger partial charge in [-0.05, 0) is 12.1 Å². The number of rotatable bonds is 3. The Morgan fingerprint density at radius 3 is 2.79 bits per heavy atom. The monoisotopic (exact) mass is 329 g/mol. The highest BCUT2D eigenvalue weighted by Crippen LogP contribution is 2.52. The third kappa shape index (κ3) is 1.71. The molecule has 124 valence electrons. The van der Waals surface area contributed by atoms with Gasteiger partial charge in [-0.25, -0.2) is 9.69 Å². The number of hydrogen-bond acceptors (Lipinski definition) is 6. The van der Waals surface area contributed by atoms with Crippen molar-refractivity contribution in [3.63, 3.8) is 0 Å². The first kappa shape index (κ1) is 15.0. The molecule has 2 bridgehead atoms. The van der Waals surface area contributed by atoms with Crippen LogP contribution in [-0.4, -0.2) is 48.3 Å². The maximum absolute atomic E-state index is 12.9. The fourth-order valence-electron chi connectivity index (χ4n) is 3.87. The number of aliphatic hydroxyl groups is 1. The second-order valence-electron chi connectivity index (χ2n) is 6.08. The number of carbonyl (C=O) groups is 3. The number of ether oxygens (including phenoxy) is 2. The van der Waals surface area contributed by atoms with E-state index < -0.39 is 41.3 Å². The van der Waals surface area contributed by atoms with Crippen molar-refractivity contribution >= 4 is 23.5 Å². The summed E-state index contributed by atoms with van der Waals surface area (Å²) in [7, 11) is 1.24. The summed E-state index contributed by atoms with van der Waals surface area (Å²) < 4.78 is 10.4. The Kier molecular flexibility index (Phi) is 3.13. The highest BCUT2D eigenvalue weighted by Gasteiger charge is 2.67. The van der Waals surface area contributed by atoms with Crippen molar-refractivity contribution in [2.45, 2.75) is 11.7 Å². The van der Waals surface area contributed by atoms with Crippen LogP contribution in [0.15, 0.2) is 36.4 Å². The zero-order valence-corrected chi connectivity index (χ0v) is 12.8. The van der Waals surface area contributed by atoms with E-state index in [0.717, 1.165) is 4.90 Å². The van der Waals surface area contributed by atoms with Crippen molar-refractivity contribution in [3.05, 3.63) is 42.0 Å². The average Bonchev–Trinajstić information content (AvgIpc) is 3.25.